The van der Waals surface area contributed by atoms with Gasteiger partial charge in [-0.2, -0.15) is 0 Å². The van der Waals surface area contributed by atoms with E-state index < -0.39 is 0 Å². The van der Waals surface area contributed by atoms with Crippen LogP contribution < -0.4 is 9.47 Å². The Labute approximate surface area is 176 Å². The molecule has 2 aliphatic rings. The number of likely N-dealkylation sites (tertiary alicyclic amines) is 1. The largest absolute Gasteiger partial charge is 0.494 e. The molecule has 1 aliphatic carbocycles. The summed E-state index contributed by atoms with van der Waals surface area (Å²) >= 11 is 0. The molecule has 0 radical (unpaired) electrons. The summed E-state index contributed by atoms with van der Waals surface area (Å²) in [6.45, 7) is 1.62. The van der Waals surface area contributed by atoms with Gasteiger partial charge in [0.25, 0.3) is 0 Å². The maximum atomic E-state index is 12.2. The summed E-state index contributed by atoms with van der Waals surface area (Å²) in [5.41, 5.74) is 3.04. The molecule has 30 heavy (non-hydrogen) atoms. The molecule has 5 heteroatoms. The van der Waals surface area contributed by atoms with Crippen molar-refractivity contribution in [1.29, 1.82) is 0 Å². The van der Waals surface area contributed by atoms with Crippen molar-refractivity contribution in [3.63, 3.8) is 0 Å². The van der Waals surface area contributed by atoms with E-state index in [1.165, 1.54) is 0 Å². The van der Waals surface area contributed by atoms with E-state index in [0.29, 0.717) is 11.8 Å². The molecular weight excluding hydrogens is 376 g/mol. The van der Waals surface area contributed by atoms with E-state index in [4.69, 9.17) is 9.47 Å². The standard InChI is InChI=1S/C25H26N2O3/c1-29-23-4-2-3-19-15-20(16-26-24(19)23)17-7-9-21(10-8-17)30-22-11-13-27(14-12-22)25(28)18-5-6-18/h2-4,7-10,15-16,18,22H,5-6,11-14H2,1H3. The second-order valence-corrected chi connectivity index (χ2v) is 8.20. The molecule has 5 nitrogen and oxygen atoms in total. The van der Waals surface area contributed by atoms with E-state index in [1.54, 1.807) is 7.11 Å². The third-order valence-electron chi connectivity index (χ3n) is 6.06. The molecule has 2 heterocycles. The van der Waals surface area contributed by atoms with Crippen LogP contribution in [-0.4, -0.2) is 42.1 Å². The molecule has 1 aliphatic heterocycles. The molecule has 1 saturated heterocycles. The number of hydrogen-bond donors (Lipinski definition) is 0. The minimum absolute atomic E-state index is 0.175. The minimum Gasteiger partial charge on any atom is -0.494 e. The van der Waals surface area contributed by atoms with Gasteiger partial charge in [0.05, 0.1) is 7.11 Å². The van der Waals surface area contributed by atoms with Crippen molar-refractivity contribution in [3.05, 3.63) is 54.7 Å². The fourth-order valence-corrected chi connectivity index (χ4v) is 4.16. The van der Waals surface area contributed by atoms with Crippen LogP contribution in [0.1, 0.15) is 25.7 Å². The average Bonchev–Trinajstić information content (AvgIpc) is 3.64. The number of aromatic nitrogens is 1. The predicted octanol–water partition coefficient (Wildman–Crippen LogP) is 4.69. The Balaban J connectivity index is 1.24. The number of fused-ring (bicyclic) bond motifs is 1. The molecule has 0 atom stereocenters. The number of nitrogens with zero attached hydrogens (tertiary/aromatic N) is 2. The molecule has 5 rings (SSSR count). The molecule has 0 spiro atoms. The number of methoxy groups -OCH3 is 1. The molecule has 2 fully saturated rings. The van der Waals surface area contributed by atoms with Crippen molar-refractivity contribution in [3.8, 4) is 22.6 Å². The highest BCUT2D eigenvalue weighted by atomic mass is 16.5. The Bertz CT molecular complexity index is 1050. The van der Waals surface area contributed by atoms with Gasteiger partial charge in [0.2, 0.25) is 5.91 Å². The fraction of sp³-hybridized carbons (Fsp3) is 0.360. The van der Waals surface area contributed by atoms with Crippen LogP contribution in [0.25, 0.3) is 22.0 Å². The SMILES string of the molecule is COc1cccc2cc(-c3ccc(OC4CCN(C(=O)C5CC5)CC4)cc3)cnc12. The number of pyridine rings is 1. The van der Waals surface area contributed by atoms with Gasteiger partial charge in [-0.1, -0.05) is 24.3 Å². The zero-order chi connectivity index (χ0) is 20.5. The molecular formula is C25H26N2O3. The van der Waals surface area contributed by atoms with Gasteiger partial charge in [-0.3, -0.25) is 9.78 Å². The molecule has 0 unspecified atom stereocenters. The predicted molar refractivity (Wildman–Crippen MR) is 117 cm³/mol. The minimum atomic E-state index is 0.175. The van der Waals surface area contributed by atoms with Crippen molar-refractivity contribution in [2.24, 2.45) is 5.92 Å². The second-order valence-electron chi connectivity index (χ2n) is 8.20. The molecule has 2 aromatic carbocycles. The zero-order valence-electron chi connectivity index (χ0n) is 17.2. The quantitative estimate of drug-likeness (QED) is 0.621. The van der Waals surface area contributed by atoms with Crippen molar-refractivity contribution in [2.75, 3.05) is 20.2 Å². The highest BCUT2D eigenvalue weighted by Gasteiger charge is 2.35. The Morgan fingerprint density at radius 2 is 1.77 bits per heavy atom. The van der Waals surface area contributed by atoms with Crippen LogP contribution in [0.4, 0.5) is 0 Å². The average molecular weight is 402 g/mol. The maximum absolute atomic E-state index is 12.2. The highest BCUT2D eigenvalue weighted by Crippen LogP contribution is 2.33. The molecule has 3 aromatic rings. The van der Waals surface area contributed by atoms with Crippen molar-refractivity contribution in [2.45, 2.75) is 31.8 Å². The van der Waals surface area contributed by atoms with E-state index in [0.717, 1.165) is 72.3 Å². The third-order valence-corrected chi connectivity index (χ3v) is 6.06. The van der Waals surface area contributed by atoms with Crippen LogP contribution in [0.5, 0.6) is 11.5 Å². The van der Waals surface area contributed by atoms with Crippen LogP contribution >= 0.6 is 0 Å². The maximum Gasteiger partial charge on any atom is 0.225 e. The molecule has 1 amide bonds. The number of para-hydroxylation sites is 1. The number of ether oxygens (including phenoxy) is 2. The van der Waals surface area contributed by atoms with Gasteiger partial charge in [-0.05, 0) is 42.7 Å². The van der Waals surface area contributed by atoms with E-state index in [1.807, 2.05) is 41.4 Å². The number of benzene rings is 2. The Morgan fingerprint density at radius 1 is 1.00 bits per heavy atom. The number of carbonyl (C=O) groups is 1. The summed E-state index contributed by atoms with van der Waals surface area (Å²) in [5.74, 6) is 2.31. The monoisotopic (exact) mass is 402 g/mol. The van der Waals surface area contributed by atoms with Crippen LogP contribution in [0.15, 0.2) is 54.7 Å². The van der Waals surface area contributed by atoms with Gasteiger partial charge >= 0.3 is 0 Å². The summed E-state index contributed by atoms with van der Waals surface area (Å²) in [5, 5.41) is 1.06. The smallest absolute Gasteiger partial charge is 0.225 e. The van der Waals surface area contributed by atoms with Crippen molar-refractivity contribution in [1.82, 2.24) is 9.88 Å². The van der Waals surface area contributed by atoms with Gasteiger partial charge in [-0.15, -0.1) is 0 Å². The molecule has 154 valence electrons. The zero-order valence-corrected chi connectivity index (χ0v) is 17.2. The lowest BCUT2D eigenvalue weighted by Gasteiger charge is -2.32. The van der Waals surface area contributed by atoms with Crippen LogP contribution in [0.2, 0.25) is 0 Å². The number of piperidine rings is 1. The lowest BCUT2D eigenvalue weighted by Crippen LogP contribution is -2.42. The van der Waals surface area contributed by atoms with E-state index in [2.05, 4.69) is 23.2 Å². The Kier molecular flexibility index (Phi) is 5.03. The number of rotatable bonds is 5. The van der Waals surface area contributed by atoms with Gasteiger partial charge in [0.15, 0.2) is 0 Å². The normalized spacial score (nSPS) is 17.2. The second kappa shape index (κ2) is 7.98. The van der Waals surface area contributed by atoms with Gasteiger partial charge in [0, 0.05) is 49.0 Å². The van der Waals surface area contributed by atoms with E-state index in [9.17, 15) is 4.79 Å². The summed E-state index contributed by atoms with van der Waals surface area (Å²) in [6.07, 6.45) is 6.00. The lowest BCUT2D eigenvalue weighted by molar-refractivity contribution is -0.134. The molecule has 0 N–H and O–H groups in total. The van der Waals surface area contributed by atoms with Gasteiger partial charge in [-0.25, -0.2) is 0 Å². The first kappa shape index (κ1) is 18.9. The third kappa shape index (κ3) is 3.84. The van der Waals surface area contributed by atoms with E-state index in [-0.39, 0.29) is 6.10 Å². The number of carbonyl (C=O) groups excluding carboxylic acids is 1. The summed E-state index contributed by atoms with van der Waals surface area (Å²) < 4.78 is 11.6. The first-order chi connectivity index (χ1) is 14.7. The first-order valence-electron chi connectivity index (χ1n) is 10.7. The lowest BCUT2D eigenvalue weighted by atomic mass is 10.0. The van der Waals surface area contributed by atoms with Crippen LogP contribution in [0.3, 0.4) is 0 Å². The fourth-order valence-electron chi connectivity index (χ4n) is 4.16. The van der Waals surface area contributed by atoms with Gasteiger partial charge in [0.1, 0.15) is 23.1 Å². The highest BCUT2D eigenvalue weighted by molar-refractivity contribution is 5.88. The van der Waals surface area contributed by atoms with Crippen LogP contribution in [0, 0.1) is 5.92 Å². The molecule has 1 aromatic heterocycles. The van der Waals surface area contributed by atoms with Crippen molar-refractivity contribution >= 4 is 16.8 Å². The Hall–Kier alpha value is -3.08. The number of amides is 1. The summed E-state index contributed by atoms with van der Waals surface area (Å²) in [4.78, 5) is 18.8. The summed E-state index contributed by atoms with van der Waals surface area (Å²) in [6, 6.07) is 16.3. The first-order valence-corrected chi connectivity index (χ1v) is 10.7. The van der Waals surface area contributed by atoms with Crippen LogP contribution in [-0.2, 0) is 4.79 Å². The topological polar surface area (TPSA) is 51.7 Å². The summed E-state index contributed by atoms with van der Waals surface area (Å²) in [7, 11) is 1.66. The van der Waals surface area contributed by atoms with Crippen molar-refractivity contribution < 1.29 is 14.3 Å². The number of hydrogen-bond acceptors (Lipinski definition) is 4. The van der Waals surface area contributed by atoms with Gasteiger partial charge < -0.3 is 14.4 Å². The molecule has 0 bridgehead atoms. The molecule has 1 saturated carbocycles. The van der Waals surface area contributed by atoms with E-state index >= 15 is 0 Å². The Morgan fingerprint density at radius 3 is 2.47 bits per heavy atom.